The highest BCUT2D eigenvalue weighted by atomic mass is 16.5. The molecule has 5 fully saturated rings. The monoisotopic (exact) mass is 1780 g/mol. The van der Waals surface area contributed by atoms with E-state index in [9.17, 15) is 104 Å². The molecule has 32 heteroatoms. The van der Waals surface area contributed by atoms with Crippen LogP contribution in [-0.4, -0.2) is 262 Å². The number of nitrogens with zero attached hydrogens (tertiary/aromatic N) is 5. The zero-order chi connectivity index (χ0) is 94.0. The maximum Gasteiger partial charge on any atom is 0.255 e. The number of phenols is 3. The van der Waals surface area contributed by atoms with E-state index in [0.29, 0.717) is 45.9 Å². The number of amides is 3. The van der Waals surface area contributed by atoms with Crippen molar-refractivity contribution < 1.29 is 114 Å². The van der Waals surface area contributed by atoms with Gasteiger partial charge >= 0.3 is 0 Å². The third kappa shape index (κ3) is 15.2. The van der Waals surface area contributed by atoms with E-state index in [1.165, 1.54) is 57.7 Å². The Bertz CT molecular complexity index is 5980. The van der Waals surface area contributed by atoms with Gasteiger partial charge in [-0.1, -0.05) is 74.9 Å². The van der Waals surface area contributed by atoms with Crippen LogP contribution in [-0.2, 0) is 82.0 Å². The number of nitrogens with one attached hydrogen (secondary N) is 1. The number of ketones is 6. The summed E-state index contributed by atoms with van der Waals surface area (Å²) >= 11 is 0. The summed E-state index contributed by atoms with van der Waals surface area (Å²) in [5.74, 6) is -19.0. The van der Waals surface area contributed by atoms with E-state index >= 15 is 0 Å². The van der Waals surface area contributed by atoms with Crippen molar-refractivity contribution in [2.75, 3.05) is 82.7 Å². The van der Waals surface area contributed by atoms with Gasteiger partial charge in [-0.3, -0.25) is 67.7 Å². The van der Waals surface area contributed by atoms with E-state index in [0.717, 1.165) is 85.5 Å². The molecule has 130 heavy (non-hydrogen) atoms. The standard InChI is InChI=1S/C34H39N3O8.C32H37N3O8.C32H35N3O7/c1-36(2)28-22-15-18-14-21-19(20-13-17(7-10-24(20)45-3)16-37-11-5-4-6-12-37)8-9-23(38)26(21)29(39)25(18)31(41)34(22,44)32(42)27(30(28)40)33(35)43;1-14(2)34-13-15-6-9-22(43-5)18(10-15)17-7-8-21(36)24-19(17)11-16-12-20-26(35(3)4)28(38)25(31(33)41)30(40)32(20,42)29(39)23(16)27(24)37;1-34(2)26-21-14-18-13-20-19(17-7-5-16(6-8-17)15-35-11-3-4-12-35)9-10-22(36)24(20)27(37)23(18)29(39)32(21,42)30(40)25(28(26)38)31(33)41/h7-10,13,18,22,28,38-39,42,44H,4-6,11-12,14-16H2,1-3H3,(H2,35,43);6-10,14,16,20,26,34,36-37,40,42H,11-13H2,1-5H3,(H2,33,41);5-10,18,21,26,36-37,40,42H,3-4,11-15H2,1-2H3,(H2,33,41)/t18-,22-,28-,34-;16-,20-,26-,32-;18-,21-,26-,32-/m000/s1. The number of fused-ring (bicyclic) bond motifs is 9. The number of likely N-dealkylation sites (N-methyl/N-ethyl adjacent to an activating group) is 3. The fourth-order valence-corrected chi connectivity index (χ4v) is 22.3. The average Bonchev–Trinajstić information content (AvgIpc) is 0.732. The first-order valence-corrected chi connectivity index (χ1v) is 43.7. The molecule has 686 valence electrons. The van der Waals surface area contributed by atoms with Crippen LogP contribution in [0.2, 0.25) is 0 Å². The smallest absolute Gasteiger partial charge is 0.255 e. The molecule has 0 aromatic heterocycles. The number of Topliss-reactive ketones (excluding diaryl/α,β-unsaturated/α-hetero) is 6. The number of benzene rings is 6. The summed E-state index contributed by atoms with van der Waals surface area (Å²) in [5, 5.41) is 139. The second-order valence-electron chi connectivity index (χ2n) is 37.0. The van der Waals surface area contributed by atoms with Crippen molar-refractivity contribution in [1.29, 1.82) is 0 Å². The summed E-state index contributed by atoms with van der Waals surface area (Å²) in [6, 6.07) is 26.4. The quantitative estimate of drug-likeness (QED) is 0.0385. The summed E-state index contributed by atoms with van der Waals surface area (Å²) in [4.78, 5) is 128. The molecule has 3 saturated carbocycles. The van der Waals surface area contributed by atoms with E-state index in [1.54, 1.807) is 74.7 Å². The first kappa shape index (κ1) is 92.3. The predicted molar refractivity (Wildman–Crippen MR) is 478 cm³/mol. The molecular weight excluding hydrogens is 1670 g/mol. The fourth-order valence-electron chi connectivity index (χ4n) is 22.3. The van der Waals surface area contributed by atoms with Gasteiger partial charge in [-0.25, -0.2) is 0 Å². The number of hydrogen-bond donors (Lipinski definition) is 16. The number of phenolic OH excluding ortho intramolecular Hbond substituents is 3. The van der Waals surface area contributed by atoms with Crippen molar-refractivity contribution >= 4 is 69.7 Å². The van der Waals surface area contributed by atoms with Crippen LogP contribution in [0.1, 0.15) is 115 Å². The fraction of sp³-hybridized carbons (Fsp3) is 0.418. The second-order valence-corrected chi connectivity index (χ2v) is 37.0. The molecule has 17 rings (SSSR count). The highest BCUT2D eigenvalue weighted by Crippen LogP contribution is 2.59. The maximum atomic E-state index is 14.1. The van der Waals surface area contributed by atoms with Crippen molar-refractivity contribution in [3.8, 4) is 62.1 Å². The second kappa shape index (κ2) is 35.1. The third-order valence-corrected chi connectivity index (χ3v) is 28.4. The van der Waals surface area contributed by atoms with Gasteiger partial charge in [-0.15, -0.1) is 0 Å². The van der Waals surface area contributed by atoms with Crippen molar-refractivity contribution in [1.82, 2.24) is 29.8 Å². The average molecular weight is 1780 g/mol. The number of ether oxygens (including phenoxy) is 2. The molecule has 0 radical (unpaired) electrons. The van der Waals surface area contributed by atoms with E-state index in [4.69, 9.17) is 26.7 Å². The molecule has 3 amide bonds. The van der Waals surface area contributed by atoms with Gasteiger partial charge < -0.3 is 93.3 Å². The number of piperidine rings is 1. The molecule has 19 N–H and O–H groups in total. The number of aliphatic hydroxyl groups excluding tert-OH is 6. The van der Waals surface area contributed by atoms with E-state index < -0.39 is 174 Å². The van der Waals surface area contributed by atoms with Crippen molar-refractivity contribution in [3.05, 3.63) is 198 Å². The minimum Gasteiger partial charge on any atom is -0.508 e. The maximum absolute atomic E-state index is 14.1. The lowest BCUT2D eigenvalue weighted by Gasteiger charge is -2.50. The molecule has 0 unspecified atom stereocenters. The van der Waals surface area contributed by atoms with Crippen LogP contribution in [0.4, 0.5) is 0 Å². The lowest BCUT2D eigenvalue weighted by atomic mass is 9.57. The van der Waals surface area contributed by atoms with Crippen molar-refractivity contribution in [2.45, 2.75) is 145 Å². The summed E-state index contributed by atoms with van der Waals surface area (Å²) < 4.78 is 11.4. The van der Waals surface area contributed by atoms with Crippen LogP contribution in [0.15, 0.2) is 148 Å². The zero-order valence-corrected chi connectivity index (χ0v) is 74.1. The first-order chi connectivity index (χ1) is 61.6. The summed E-state index contributed by atoms with van der Waals surface area (Å²) in [6.45, 7) is 10.6. The first-order valence-electron chi connectivity index (χ1n) is 43.7. The van der Waals surface area contributed by atoms with Gasteiger partial charge in [-0.05, 0) is 249 Å². The number of carbonyl (C=O) groups is 9. The molecule has 12 atom stereocenters. The van der Waals surface area contributed by atoms with Crippen LogP contribution in [0.5, 0.6) is 28.7 Å². The molecule has 6 aromatic carbocycles. The number of nitrogens with two attached hydrogens (primary N) is 3. The van der Waals surface area contributed by atoms with Crippen LogP contribution in [0.3, 0.4) is 0 Å². The number of primary amides is 3. The molecule has 2 aliphatic heterocycles. The Morgan fingerprint density at radius 1 is 0.423 bits per heavy atom. The van der Waals surface area contributed by atoms with Crippen LogP contribution < -0.4 is 32.0 Å². The molecule has 2 heterocycles. The summed E-state index contributed by atoms with van der Waals surface area (Å²) in [6.07, 6.45) is 6.68. The van der Waals surface area contributed by atoms with Crippen LogP contribution in [0, 0.1) is 35.5 Å². The number of aliphatic hydroxyl groups is 9. The highest BCUT2D eigenvalue weighted by molar-refractivity contribution is 6.27. The van der Waals surface area contributed by atoms with Crippen molar-refractivity contribution in [3.63, 3.8) is 0 Å². The molecule has 2 saturated heterocycles. The third-order valence-electron chi connectivity index (χ3n) is 28.4. The van der Waals surface area contributed by atoms with E-state index in [-0.39, 0.29) is 95.2 Å². The molecule has 6 aromatic rings. The van der Waals surface area contributed by atoms with Crippen molar-refractivity contribution in [2.24, 2.45) is 52.7 Å². The molecule has 0 spiro atoms. The Kier molecular flexibility index (Phi) is 25.0. The van der Waals surface area contributed by atoms with Gasteiger partial charge in [0.15, 0.2) is 34.2 Å². The minimum atomic E-state index is -2.68. The Morgan fingerprint density at radius 2 is 0.731 bits per heavy atom. The molecule has 11 aliphatic rings. The molecule has 9 aliphatic carbocycles. The SMILES string of the molecule is CN(C)[C@@H]1C(=O)C(C(N)=O)=C(O)[C@@]2(O)C(=O)C3=C(O)c4c(O)ccc(-c5ccc(CN6CCCC6)cc5)c4C[C@H]3C[C@@H]12.COc1ccc(CN2CCCCC2)cc1-c1ccc(O)c2c1C[C@H]1C[C@H]3[C@H](N(C)C)C(=O)C(C(N)=O)=C(O)[C@@]3(O)C(=O)C1=C2O.COc1ccc(CNC(C)C)cc1-c1ccc(O)c2c1C[C@H]1C[C@H]3[C@H](N(C)C)C(=O)C(C(N)=O)=C(O)[C@@]3(O)C(=O)C1=C2O. The number of carbonyl (C=O) groups excluding carboxylic acids is 9. The van der Waals surface area contributed by atoms with Gasteiger partial charge in [-0.2, -0.15) is 0 Å². The van der Waals surface area contributed by atoms with Crippen LogP contribution in [0.25, 0.3) is 50.7 Å². The summed E-state index contributed by atoms with van der Waals surface area (Å²) in [5.41, 5.74) is 14.9. The Labute approximate surface area is 750 Å². The number of likely N-dealkylation sites (tertiary alicyclic amines) is 2. The molecular formula is C98H111N9O23. The Morgan fingerprint density at radius 3 is 1.06 bits per heavy atom. The zero-order valence-electron chi connectivity index (χ0n) is 74.1. The number of rotatable bonds is 18. The highest BCUT2D eigenvalue weighted by Gasteiger charge is 2.68. The van der Waals surface area contributed by atoms with Gasteiger partial charge in [0.1, 0.15) is 80.0 Å². The van der Waals surface area contributed by atoms with Gasteiger partial charge in [0, 0.05) is 71.3 Å². The molecule has 0 bridgehead atoms. The number of hydrogen-bond acceptors (Lipinski definition) is 29. The Hall–Kier alpha value is -12.4. The lowest BCUT2D eigenvalue weighted by molar-refractivity contribution is -0.155. The largest absolute Gasteiger partial charge is 0.508 e. The lowest BCUT2D eigenvalue weighted by Crippen LogP contribution is -2.65. The van der Waals surface area contributed by atoms with Crippen LogP contribution >= 0.6 is 0 Å². The van der Waals surface area contributed by atoms with Gasteiger partial charge in [0.05, 0.1) is 49.0 Å². The molecule has 32 nitrogen and oxygen atoms in total. The number of aromatic hydroxyl groups is 3. The number of methoxy groups -OCH3 is 2. The Balaban J connectivity index is 0.000000150. The van der Waals surface area contributed by atoms with Gasteiger partial charge in [0.25, 0.3) is 17.7 Å². The summed E-state index contributed by atoms with van der Waals surface area (Å²) in [7, 11) is 12.6. The van der Waals surface area contributed by atoms with E-state index in [1.807, 2.05) is 56.3 Å². The topological polar surface area (TPSA) is 521 Å². The minimum absolute atomic E-state index is 0.0103. The predicted octanol–water partition coefficient (Wildman–Crippen LogP) is 6.99. The van der Waals surface area contributed by atoms with Gasteiger partial charge in [0.2, 0.25) is 17.3 Å². The van der Waals surface area contributed by atoms with E-state index in [2.05, 4.69) is 33.3 Å². The normalized spacial score (nSPS) is 26.6.